The molecule has 0 aromatic heterocycles. The third-order valence-electron chi connectivity index (χ3n) is 0.919. The molecule has 58 valence electrons. The molecule has 0 aliphatic carbocycles. The van der Waals surface area contributed by atoms with Crippen LogP contribution in [0.4, 0.5) is 0 Å². The first kappa shape index (κ1) is 9.24. The lowest BCUT2D eigenvalue weighted by molar-refractivity contribution is 0.983. The highest BCUT2D eigenvalue weighted by Gasteiger charge is 1.95. The maximum atomic E-state index is 8.39. The van der Waals surface area contributed by atoms with Gasteiger partial charge in [-0.2, -0.15) is 5.26 Å². The van der Waals surface area contributed by atoms with E-state index in [2.05, 4.69) is 11.9 Å². The summed E-state index contributed by atoms with van der Waals surface area (Å²) < 4.78 is 0. The van der Waals surface area contributed by atoms with Crippen molar-refractivity contribution in [3.8, 4) is 6.07 Å². The number of hydrogen-bond acceptors (Lipinski definition) is 3. The van der Waals surface area contributed by atoms with Crippen molar-refractivity contribution in [2.75, 3.05) is 6.54 Å². The lowest BCUT2D eigenvalue weighted by atomic mass is 10.3. The first-order chi connectivity index (χ1) is 5.22. The summed E-state index contributed by atoms with van der Waals surface area (Å²) >= 11 is 0. The number of nitrogens with one attached hydrogen (secondary N) is 2. The van der Waals surface area contributed by atoms with Gasteiger partial charge < -0.3 is 11.1 Å². The fraction of sp³-hybridized carbons (Fsp3) is 0.143. The Morgan fingerprint density at radius 2 is 2.45 bits per heavy atom. The van der Waals surface area contributed by atoms with E-state index in [1.54, 1.807) is 12.1 Å². The van der Waals surface area contributed by atoms with Gasteiger partial charge in [-0.1, -0.05) is 6.08 Å². The number of amidine groups is 1. The molecule has 11 heavy (non-hydrogen) atoms. The van der Waals surface area contributed by atoms with Gasteiger partial charge in [-0.05, 0) is 0 Å². The number of hydrogen-bond donors (Lipinski definition) is 3. The van der Waals surface area contributed by atoms with Crippen LogP contribution in [0, 0.1) is 16.7 Å². The molecule has 0 rings (SSSR count). The average molecular weight is 150 g/mol. The smallest absolute Gasteiger partial charge is 0.135 e. The van der Waals surface area contributed by atoms with Gasteiger partial charge in [-0.15, -0.1) is 6.58 Å². The van der Waals surface area contributed by atoms with E-state index in [0.717, 1.165) is 0 Å². The van der Waals surface area contributed by atoms with Gasteiger partial charge in [0.1, 0.15) is 17.5 Å². The van der Waals surface area contributed by atoms with Crippen molar-refractivity contribution in [3.63, 3.8) is 0 Å². The number of nitriles is 1. The Morgan fingerprint density at radius 1 is 1.82 bits per heavy atom. The standard InChI is InChI=1S/C7H10N4/c1-2-3-11-5-6(4-8)7(9)10/h2,5,11H,1,3H2,(H3,9,10)/b6-5-. The minimum Gasteiger partial charge on any atom is -0.386 e. The maximum Gasteiger partial charge on any atom is 0.135 e. The fourth-order valence-electron chi connectivity index (χ4n) is 0.415. The molecule has 0 aliphatic rings. The van der Waals surface area contributed by atoms with E-state index >= 15 is 0 Å². The molecule has 0 saturated carbocycles. The summed E-state index contributed by atoms with van der Waals surface area (Å²) in [7, 11) is 0. The molecule has 4 N–H and O–H groups in total. The molecule has 0 saturated heterocycles. The van der Waals surface area contributed by atoms with E-state index in [-0.39, 0.29) is 11.4 Å². The van der Waals surface area contributed by atoms with Gasteiger partial charge in [0.25, 0.3) is 0 Å². The molecule has 0 radical (unpaired) electrons. The van der Waals surface area contributed by atoms with Crippen molar-refractivity contribution >= 4 is 5.84 Å². The van der Waals surface area contributed by atoms with Crippen LogP contribution < -0.4 is 11.1 Å². The van der Waals surface area contributed by atoms with Gasteiger partial charge in [0.15, 0.2) is 0 Å². The molecule has 0 bridgehead atoms. The minimum atomic E-state index is -0.232. The topological polar surface area (TPSA) is 85.7 Å². The van der Waals surface area contributed by atoms with Crippen LogP contribution in [0.15, 0.2) is 24.4 Å². The Balaban J connectivity index is 4.04. The number of nitrogens with two attached hydrogens (primary N) is 1. The zero-order chi connectivity index (χ0) is 8.69. The van der Waals surface area contributed by atoms with Gasteiger partial charge in [0.2, 0.25) is 0 Å². The Hall–Kier alpha value is -1.76. The van der Waals surface area contributed by atoms with E-state index in [9.17, 15) is 0 Å². The molecule has 0 spiro atoms. The molecule has 0 fully saturated rings. The van der Waals surface area contributed by atoms with E-state index in [4.69, 9.17) is 16.4 Å². The first-order valence-corrected chi connectivity index (χ1v) is 3.01. The molecule has 0 atom stereocenters. The first-order valence-electron chi connectivity index (χ1n) is 3.01. The van der Waals surface area contributed by atoms with Crippen molar-refractivity contribution in [3.05, 3.63) is 24.4 Å². The van der Waals surface area contributed by atoms with Crippen LogP contribution in [0.2, 0.25) is 0 Å². The van der Waals surface area contributed by atoms with Gasteiger partial charge in [0, 0.05) is 12.7 Å². The second-order valence-corrected chi connectivity index (χ2v) is 1.78. The van der Waals surface area contributed by atoms with Crippen LogP contribution in [0.3, 0.4) is 0 Å². The van der Waals surface area contributed by atoms with Crippen LogP contribution in [0.5, 0.6) is 0 Å². The molecule has 0 aromatic rings. The van der Waals surface area contributed by atoms with E-state index in [1.165, 1.54) is 6.20 Å². The lowest BCUT2D eigenvalue weighted by Crippen LogP contribution is -2.15. The zero-order valence-corrected chi connectivity index (χ0v) is 6.09. The molecular formula is C7H10N4. The number of rotatable bonds is 4. The monoisotopic (exact) mass is 150 g/mol. The summed E-state index contributed by atoms with van der Waals surface area (Å²) in [6, 6.07) is 1.78. The quantitative estimate of drug-likeness (QED) is 0.175. The van der Waals surface area contributed by atoms with Gasteiger partial charge in [-0.25, -0.2) is 0 Å². The minimum absolute atomic E-state index is 0.131. The van der Waals surface area contributed by atoms with Gasteiger partial charge in [-0.3, -0.25) is 5.41 Å². The largest absolute Gasteiger partial charge is 0.386 e. The number of nitrogens with zero attached hydrogens (tertiary/aromatic N) is 1. The molecular weight excluding hydrogens is 140 g/mol. The van der Waals surface area contributed by atoms with Crippen molar-refractivity contribution in [2.24, 2.45) is 5.73 Å². The van der Waals surface area contributed by atoms with Crippen molar-refractivity contribution in [2.45, 2.75) is 0 Å². The van der Waals surface area contributed by atoms with E-state index in [0.29, 0.717) is 6.54 Å². The van der Waals surface area contributed by atoms with Crippen LogP contribution >= 0.6 is 0 Å². The highest BCUT2D eigenvalue weighted by molar-refractivity contribution is 5.97. The molecule has 0 unspecified atom stereocenters. The van der Waals surface area contributed by atoms with E-state index < -0.39 is 0 Å². The Bertz CT molecular complexity index is 221. The Labute approximate surface area is 65.5 Å². The van der Waals surface area contributed by atoms with Crippen LogP contribution in [0.25, 0.3) is 0 Å². The highest BCUT2D eigenvalue weighted by atomic mass is 14.8. The third-order valence-corrected chi connectivity index (χ3v) is 0.919. The summed E-state index contributed by atoms with van der Waals surface area (Å²) in [5.74, 6) is -0.232. The maximum absolute atomic E-state index is 8.39. The summed E-state index contributed by atoms with van der Waals surface area (Å²) in [5, 5.41) is 18.0. The molecule has 0 amide bonds. The van der Waals surface area contributed by atoms with Crippen molar-refractivity contribution in [1.82, 2.24) is 5.32 Å². The predicted octanol–water partition coefficient (Wildman–Crippen LogP) is 0.105. The van der Waals surface area contributed by atoms with Gasteiger partial charge >= 0.3 is 0 Å². The summed E-state index contributed by atoms with van der Waals surface area (Å²) in [4.78, 5) is 0. The fourth-order valence-corrected chi connectivity index (χ4v) is 0.415. The Morgan fingerprint density at radius 3 is 2.82 bits per heavy atom. The van der Waals surface area contributed by atoms with E-state index in [1.807, 2.05) is 0 Å². The second kappa shape index (κ2) is 5.06. The SMILES string of the molecule is C=CCN/C=C(/C#N)C(=N)N. The molecule has 4 heteroatoms. The molecule has 0 aromatic carbocycles. The average Bonchev–Trinajstić information content (AvgIpc) is 1.97. The molecule has 0 heterocycles. The highest BCUT2D eigenvalue weighted by Crippen LogP contribution is 1.86. The second-order valence-electron chi connectivity index (χ2n) is 1.78. The van der Waals surface area contributed by atoms with Crippen molar-refractivity contribution in [1.29, 1.82) is 10.7 Å². The zero-order valence-electron chi connectivity index (χ0n) is 6.09. The summed E-state index contributed by atoms with van der Waals surface area (Å²) in [6.07, 6.45) is 3.04. The predicted molar refractivity (Wildman–Crippen MR) is 43.8 cm³/mol. The molecule has 4 nitrogen and oxygen atoms in total. The normalized spacial score (nSPS) is 9.91. The van der Waals surface area contributed by atoms with Crippen LogP contribution in [0.1, 0.15) is 0 Å². The molecule has 0 aliphatic heterocycles. The third kappa shape index (κ3) is 3.76. The Kier molecular flexibility index (Phi) is 4.25. The van der Waals surface area contributed by atoms with Crippen LogP contribution in [-0.2, 0) is 0 Å². The summed E-state index contributed by atoms with van der Waals surface area (Å²) in [5.41, 5.74) is 5.19. The lowest BCUT2D eigenvalue weighted by Gasteiger charge is -1.95. The van der Waals surface area contributed by atoms with Crippen LogP contribution in [-0.4, -0.2) is 12.4 Å². The summed E-state index contributed by atoms with van der Waals surface area (Å²) in [6.45, 7) is 4.02. The van der Waals surface area contributed by atoms with Crippen molar-refractivity contribution < 1.29 is 0 Å². The van der Waals surface area contributed by atoms with Gasteiger partial charge in [0.05, 0.1) is 0 Å².